The Morgan fingerprint density at radius 2 is 1.93 bits per heavy atom. The van der Waals surface area contributed by atoms with Crippen molar-refractivity contribution in [3.63, 3.8) is 0 Å². The molecule has 0 saturated carbocycles. The molecule has 1 aliphatic rings. The number of aromatic nitrogens is 2. The van der Waals surface area contributed by atoms with E-state index in [1.165, 1.54) is 6.07 Å². The lowest BCUT2D eigenvalue weighted by molar-refractivity contribution is 0.0298. The number of ether oxygens (including phenoxy) is 1. The average molecular weight is 382 g/mol. The molecule has 0 aliphatic carbocycles. The van der Waals surface area contributed by atoms with Gasteiger partial charge in [-0.25, -0.2) is 9.37 Å². The second kappa shape index (κ2) is 8.50. The number of fused-ring (bicyclic) bond motifs is 1. The lowest BCUT2D eigenvalue weighted by Crippen LogP contribution is -2.41. The third-order valence-electron chi connectivity index (χ3n) is 4.95. The van der Waals surface area contributed by atoms with E-state index in [0.717, 1.165) is 11.3 Å². The van der Waals surface area contributed by atoms with Crippen LogP contribution in [0.4, 0.5) is 4.39 Å². The molecule has 1 fully saturated rings. The zero-order valence-electron chi connectivity index (χ0n) is 15.6. The second-order valence-electron chi connectivity index (χ2n) is 6.76. The van der Waals surface area contributed by atoms with E-state index >= 15 is 0 Å². The van der Waals surface area contributed by atoms with Crippen LogP contribution in [0.3, 0.4) is 0 Å². The zero-order chi connectivity index (χ0) is 19.3. The minimum atomic E-state index is -0.192. The van der Waals surface area contributed by atoms with Crippen molar-refractivity contribution in [2.24, 2.45) is 0 Å². The first-order valence-corrected chi connectivity index (χ1v) is 9.51. The number of hydrogen-bond donors (Lipinski definition) is 1. The van der Waals surface area contributed by atoms with Crippen LogP contribution in [0.5, 0.6) is 0 Å². The number of amides is 1. The van der Waals surface area contributed by atoms with E-state index in [-0.39, 0.29) is 11.7 Å². The third-order valence-corrected chi connectivity index (χ3v) is 4.95. The highest BCUT2D eigenvalue weighted by Gasteiger charge is 2.25. The summed E-state index contributed by atoms with van der Waals surface area (Å²) >= 11 is 0. The Hall–Kier alpha value is -2.77. The molecule has 146 valence electrons. The van der Waals surface area contributed by atoms with Crippen LogP contribution in [-0.2, 0) is 17.7 Å². The lowest BCUT2D eigenvalue weighted by Gasteiger charge is -2.26. The summed E-state index contributed by atoms with van der Waals surface area (Å²) in [6.45, 7) is 3.33. The van der Waals surface area contributed by atoms with Gasteiger partial charge in [0.25, 0.3) is 5.91 Å². The Morgan fingerprint density at radius 1 is 1.14 bits per heavy atom. The second-order valence-corrected chi connectivity index (χ2v) is 6.76. The number of carbonyl (C=O) groups excluding carboxylic acids is 1. The molecule has 6 nitrogen and oxygen atoms in total. The van der Waals surface area contributed by atoms with Crippen LogP contribution < -0.4 is 5.32 Å². The average Bonchev–Trinajstić information content (AvgIpc) is 3.11. The molecule has 0 bridgehead atoms. The summed E-state index contributed by atoms with van der Waals surface area (Å²) in [6, 6.07) is 12.5. The van der Waals surface area contributed by atoms with Crippen molar-refractivity contribution in [1.29, 1.82) is 0 Å². The van der Waals surface area contributed by atoms with Crippen molar-refractivity contribution in [1.82, 2.24) is 19.6 Å². The fraction of sp³-hybridized carbons (Fsp3) is 0.333. The number of morpholine rings is 1. The summed E-state index contributed by atoms with van der Waals surface area (Å²) in [4.78, 5) is 19.4. The predicted octanol–water partition coefficient (Wildman–Crippen LogP) is 2.28. The van der Waals surface area contributed by atoms with Gasteiger partial charge < -0.3 is 19.4 Å². The van der Waals surface area contributed by atoms with Gasteiger partial charge in [0.1, 0.15) is 11.5 Å². The van der Waals surface area contributed by atoms with Gasteiger partial charge in [-0.15, -0.1) is 0 Å². The van der Waals surface area contributed by atoms with Gasteiger partial charge in [-0.1, -0.05) is 24.3 Å². The van der Waals surface area contributed by atoms with Gasteiger partial charge >= 0.3 is 0 Å². The van der Waals surface area contributed by atoms with Crippen LogP contribution in [0.25, 0.3) is 5.65 Å². The first-order chi connectivity index (χ1) is 13.7. The maximum atomic E-state index is 13.8. The summed E-state index contributed by atoms with van der Waals surface area (Å²) in [7, 11) is 0. The van der Waals surface area contributed by atoms with Crippen LogP contribution in [-0.4, -0.2) is 53.0 Å². The number of imidazole rings is 1. The fourth-order valence-corrected chi connectivity index (χ4v) is 3.43. The minimum absolute atomic E-state index is 0.0714. The third kappa shape index (κ3) is 3.90. The van der Waals surface area contributed by atoms with E-state index in [0.29, 0.717) is 57.1 Å². The highest BCUT2D eigenvalue weighted by molar-refractivity contribution is 5.94. The number of halogens is 1. The molecular weight excluding hydrogens is 359 g/mol. The van der Waals surface area contributed by atoms with Gasteiger partial charge in [0.2, 0.25) is 0 Å². The molecule has 3 heterocycles. The topological polar surface area (TPSA) is 58.9 Å². The molecule has 0 spiro atoms. The maximum Gasteiger partial charge on any atom is 0.274 e. The lowest BCUT2D eigenvalue weighted by atomic mass is 10.1. The molecule has 1 aromatic carbocycles. The van der Waals surface area contributed by atoms with Crippen LogP contribution in [0.15, 0.2) is 48.7 Å². The normalized spacial score (nSPS) is 14.5. The summed E-state index contributed by atoms with van der Waals surface area (Å²) in [5, 5.41) is 3.33. The molecule has 1 aliphatic heterocycles. The predicted molar refractivity (Wildman–Crippen MR) is 104 cm³/mol. The van der Waals surface area contributed by atoms with Crippen LogP contribution in [0, 0.1) is 5.82 Å². The van der Waals surface area contributed by atoms with Crippen molar-refractivity contribution >= 4 is 11.6 Å². The van der Waals surface area contributed by atoms with Gasteiger partial charge in [-0.3, -0.25) is 4.79 Å². The quantitative estimate of drug-likeness (QED) is 0.665. The number of rotatable bonds is 6. The fourth-order valence-electron chi connectivity index (χ4n) is 3.43. The Balaban J connectivity index is 1.50. The van der Waals surface area contributed by atoms with Crippen molar-refractivity contribution in [3.05, 3.63) is 71.4 Å². The van der Waals surface area contributed by atoms with E-state index in [1.54, 1.807) is 17.0 Å². The molecular formula is C21H23FN4O2. The first-order valence-electron chi connectivity index (χ1n) is 9.51. The minimum Gasteiger partial charge on any atom is -0.378 e. The Kier molecular flexibility index (Phi) is 5.64. The van der Waals surface area contributed by atoms with Gasteiger partial charge in [0.15, 0.2) is 5.69 Å². The molecule has 2 aromatic heterocycles. The van der Waals surface area contributed by atoms with Crippen molar-refractivity contribution < 1.29 is 13.9 Å². The van der Waals surface area contributed by atoms with E-state index in [1.807, 2.05) is 34.9 Å². The maximum absolute atomic E-state index is 13.8. The van der Waals surface area contributed by atoms with E-state index in [9.17, 15) is 9.18 Å². The number of nitrogens with one attached hydrogen (secondary N) is 1. The molecule has 7 heteroatoms. The summed E-state index contributed by atoms with van der Waals surface area (Å²) in [6.07, 6.45) is 2.49. The summed E-state index contributed by atoms with van der Waals surface area (Å²) in [5.41, 5.74) is 2.70. The molecule has 0 atom stereocenters. The van der Waals surface area contributed by atoms with Crippen molar-refractivity contribution in [2.45, 2.75) is 13.0 Å². The van der Waals surface area contributed by atoms with Crippen LogP contribution in [0.2, 0.25) is 0 Å². The molecule has 1 saturated heterocycles. The standard InChI is InChI=1S/C21H23FN4O2/c22-17-6-2-1-5-16(17)8-9-23-15-18-20(21(27)25-11-13-28-14-12-25)24-19-7-3-4-10-26(18)19/h1-7,10,23H,8-9,11-15H2. The van der Waals surface area contributed by atoms with E-state index in [2.05, 4.69) is 10.3 Å². The van der Waals surface area contributed by atoms with Crippen molar-refractivity contribution in [2.75, 3.05) is 32.8 Å². The zero-order valence-corrected chi connectivity index (χ0v) is 15.6. The Morgan fingerprint density at radius 3 is 2.75 bits per heavy atom. The van der Waals surface area contributed by atoms with Crippen molar-refractivity contribution in [3.8, 4) is 0 Å². The highest BCUT2D eigenvalue weighted by Crippen LogP contribution is 2.16. The molecule has 4 rings (SSSR count). The van der Waals surface area contributed by atoms with E-state index < -0.39 is 0 Å². The monoisotopic (exact) mass is 382 g/mol. The number of pyridine rings is 1. The molecule has 1 N–H and O–H groups in total. The van der Waals surface area contributed by atoms with Gasteiger partial charge in [-0.05, 0) is 36.7 Å². The van der Waals surface area contributed by atoms with Crippen LogP contribution >= 0.6 is 0 Å². The smallest absolute Gasteiger partial charge is 0.274 e. The highest BCUT2D eigenvalue weighted by atomic mass is 19.1. The Bertz CT molecular complexity index is 966. The van der Waals surface area contributed by atoms with Gasteiger partial charge in [-0.2, -0.15) is 0 Å². The summed E-state index contributed by atoms with van der Waals surface area (Å²) < 4.78 is 21.0. The van der Waals surface area contributed by atoms with Gasteiger partial charge in [0.05, 0.1) is 18.9 Å². The SMILES string of the molecule is O=C(c1nc2ccccn2c1CNCCc1ccccc1F)N1CCOCC1. The summed E-state index contributed by atoms with van der Waals surface area (Å²) in [5.74, 6) is -0.264. The Labute approximate surface area is 162 Å². The first kappa shape index (κ1) is 18.6. The van der Waals surface area contributed by atoms with Crippen LogP contribution in [0.1, 0.15) is 21.7 Å². The number of nitrogens with zero attached hydrogens (tertiary/aromatic N) is 3. The number of hydrogen-bond acceptors (Lipinski definition) is 4. The molecule has 0 radical (unpaired) electrons. The number of carbonyl (C=O) groups is 1. The largest absolute Gasteiger partial charge is 0.378 e. The molecule has 28 heavy (non-hydrogen) atoms. The number of benzene rings is 1. The molecule has 0 unspecified atom stereocenters. The molecule has 1 amide bonds. The molecule has 3 aromatic rings. The van der Waals surface area contributed by atoms with Gasteiger partial charge in [0, 0.05) is 25.8 Å². The van der Waals surface area contributed by atoms with E-state index in [4.69, 9.17) is 4.74 Å².